The number of amides is 1. The van der Waals surface area contributed by atoms with Crippen LogP contribution < -0.4 is 18.9 Å². The maximum atomic E-state index is 13.0. The largest absolute Gasteiger partial charge is 1.00 e. The Hall–Kier alpha value is -1.97. The molecule has 142 valence electrons. The van der Waals surface area contributed by atoms with Gasteiger partial charge in [-0.1, -0.05) is 50.2 Å². The molecule has 0 aliphatic rings. The average molecular weight is 375 g/mol. The van der Waals surface area contributed by atoms with Gasteiger partial charge in [-0.15, -0.1) is 0 Å². The van der Waals surface area contributed by atoms with Crippen LogP contribution in [0.15, 0.2) is 42.5 Å². The Labute approximate surface area is 169 Å². The van der Waals surface area contributed by atoms with Gasteiger partial charge in [-0.2, -0.15) is 13.2 Å². The first-order valence-corrected chi connectivity index (χ1v) is 8.18. The fourth-order valence-electron chi connectivity index (χ4n) is 2.83. The molecule has 0 aliphatic heterocycles. The van der Waals surface area contributed by atoms with E-state index in [0.717, 1.165) is 10.8 Å². The zero-order valence-electron chi connectivity index (χ0n) is 16.5. The topological polar surface area (TPSA) is 57.6 Å². The van der Waals surface area contributed by atoms with Crippen LogP contribution in [0.4, 0.5) is 13.2 Å². The number of benzene rings is 2. The predicted octanol–water partition coefficient (Wildman–Crippen LogP) is 1.35. The van der Waals surface area contributed by atoms with E-state index in [4.69, 9.17) is 0 Å². The number of alkyl halides is 3. The molecule has 0 unspecified atom stereocenters. The van der Waals surface area contributed by atoms with Crippen LogP contribution in [0.1, 0.15) is 27.3 Å². The predicted molar refractivity (Wildman–Crippen MR) is 92.5 cm³/mol. The van der Waals surface area contributed by atoms with Gasteiger partial charge in [-0.25, -0.2) is 4.79 Å². The number of hydrogen-bond acceptors (Lipinski definition) is 2. The average Bonchev–Trinajstić information content (AvgIpc) is 2.56. The molecule has 2 aromatic carbocycles. The maximum Gasteiger partial charge on any atom is 1.00 e. The van der Waals surface area contributed by atoms with E-state index in [1.54, 1.807) is 44.2 Å². The van der Waals surface area contributed by atoms with Gasteiger partial charge in [0, 0.05) is 6.54 Å². The molecular weight excluding hydrogens is 354 g/mol. The van der Waals surface area contributed by atoms with Gasteiger partial charge in [0.25, 0.3) is 0 Å². The fourth-order valence-corrected chi connectivity index (χ4v) is 2.83. The smallest absolute Gasteiger partial charge is 1.00 e. The third kappa shape index (κ3) is 6.01. The second-order valence-electron chi connectivity index (χ2n) is 6.60. The fraction of sp³-hybridized carbons (Fsp3) is 0.368. The van der Waals surface area contributed by atoms with Crippen molar-refractivity contribution in [1.82, 2.24) is 4.90 Å². The quantitative estimate of drug-likeness (QED) is 0.776. The molecular formula is C19H21F3LiNO3. The van der Waals surface area contributed by atoms with Gasteiger partial charge in [0.05, 0.1) is 0 Å². The molecule has 0 spiro atoms. The Morgan fingerprint density at radius 1 is 1.11 bits per heavy atom. The van der Waals surface area contributed by atoms with E-state index < -0.39 is 30.6 Å². The molecule has 0 radical (unpaired) electrons. The number of rotatable bonds is 6. The number of carboxylic acids is 1. The molecule has 2 rings (SSSR count). The minimum absolute atomic E-state index is 0. The van der Waals surface area contributed by atoms with Crippen molar-refractivity contribution in [3.63, 3.8) is 0 Å². The molecule has 2 aromatic rings. The number of halogens is 3. The van der Waals surface area contributed by atoms with E-state index >= 15 is 0 Å². The number of carboxylic acid groups (broad SMARTS) is 1. The Balaban J connectivity index is 0.00000364. The molecule has 0 fully saturated rings. The zero-order valence-corrected chi connectivity index (χ0v) is 15.5. The number of nitrogens with zero attached hydrogens (tertiary/aromatic N) is 1. The summed E-state index contributed by atoms with van der Waals surface area (Å²) in [5.41, 5.74) is 0.441. The van der Waals surface area contributed by atoms with Crippen LogP contribution in [-0.2, 0) is 16.1 Å². The SMILES string of the molecule is CC(C)C[C@@H](C(=O)O)N(Cc1ccc2ccccc2c1)C(=O)C(F)(F)F.[H-].[Li+]. The molecule has 0 bridgehead atoms. The zero-order chi connectivity index (χ0) is 19.5. The molecule has 27 heavy (non-hydrogen) atoms. The Morgan fingerprint density at radius 3 is 2.22 bits per heavy atom. The molecule has 0 saturated heterocycles. The van der Waals surface area contributed by atoms with Crippen molar-refractivity contribution in [1.29, 1.82) is 0 Å². The first kappa shape index (κ1) is 23.1. The number of fused-ring (bicyclic) bond motifs is 1. The van der Waals surface area contributed by atoms with Gasteiger partial charge in [0.1, 0.15) is 6.04 Å². The monoisotopic (exact) mass is 375 g/mol. The molecule has 0 saturated carbocycles. The third-order valence-electron chi connectivity index (χ3n) is 4.03. The van der Waals surface area contributed by atoms with Crippen molar-refractivity contribution in [2.45, 2.75) is 39.0 Å². The van der Waals surface area contributed by atoms with Crippen LogP contribution in [0.3, 0.4) is 0 Å². The number of carbonyl (C=O) groups excluding carboxylic acids is 1. The summed E-state index contributed by atoms with van der Waals surface area (Å²) < 4.78 is 39.1. The minimum atomic E-state index is -5.14. The van der Waals surface area contributed by atoms with Gasteiger partial charge < -0.3 is 11.4 Å². The van der Waals surface area contributed by atoms with Crippen LogP contribution in [0.25, 0.3) is 10.8 Å². The number of aliphatic carboxylic acids is 1. The summed E-state index contributed by atoms with van der Waals surface area (Å²) >= 11 is 0. The first-order valence-electron chi connectivity index (χ1n) is 8.18. The molecule has 1 N–H and O–H groups in total. The summed E-state index contributed by atoms with van der Waals surface area (Å²) in [5.74, 6) is -3.77. The van der Waals surface area contributed by atoms with Gasteiger partial charge >= 0.3 is 36.9 Å². The van der Waals surface area contributed by atoms with Crippen molar-refractivity contribution in [3.8, 4) is 0 Å². The molecule has 1 atom stereocenters. The van der Waals surface area contributed by atoms with E-state index in [2.05, 4.69) is 0 Å². The summed E-state index contributed by atoms with van der Waals surface area (Å²) in [7, 11) is 0. The van der Waals surface area contributed by atoms with E-state index in [-0.39, 0.29) is 32.6 Å². The molecule has 0 heterocycles. The normalized spacial score (nSPS) is 12.5. The van der Waals surface area contributed by atoms with Gasteiger partial charge in [0.15, 0.2) is 0 Å². The van der Waals surface area contributed by atoms with Crippen LogP contribution in [0, 0.1) is 5.92 Å². The van der Waals surface area contributed by atoms with Gasteiger partial charge in [0.2, 0.25) is 0 Å². The third-order valence-corrected chi connectivity index (χ3v) is 4.03. The summed E-state index contributed by atoms with van der Waals surface area (Å²) in [6.45, 7) is 2.97. The standard InChI is InChI=1S/C19H20F3NO3.Li.H/c1-12(2)9-16(17(24)25)23(18(26)19(20,21)22)11-13-7-8-14-5-3-4-6-15(14)10-13;;/h3-8,10,12,16H,9,11H2,1-2H3,(H,24,25);;/q;+1;-1/t16-;;/m0../s1. The van der Waals surface area contributed by atoms with Crippen molar-refractivity contribution in [2.75, 3.05) is 0 Å². The van der Waals surface area contributed by atoms with Crippen LogP contribution in [0.5, 0.6) is 0 Å². The van der Waals surface area contributed by atoms with Gasteiger partial charge in [-0.05, 0) is 34.7 Å². The maximum absolute atomic E-state index is 13.0. The van der Waals surface area contributed by atoms with E-state index in [1.807, 2.05) is 12.1 Å². The van der Waals surface area contributed by atoms with Crippen LogP contribution in [-0.4, -0.2) is 34.1 Å². The Kier molecular flexibility index (Phi) is 7.94. The second-order valence-corrected chi connectivity index (χ2v) is 6.60. The molecule has 0 aliphatic carbocycles. The summed E-state index contributed by atoms with van der Waals surface area (Å²) in [6.07, 6.45) is -5.20. The van der Waals surface area contributed by atoms with Crippen molar-refractivity contribution in [2.24, 2.45) is 5.92 Å². The number of carbonyl (C=O) groups is 2. The van der Waals surface area contributed by atoms with Crippen molar-refractivity contribution < 1.29 is 48.2 Å². The van der Waals surface area contributed by atoms with E-state index in [9.17, 15) is 27.9 Å². The summed E-state index contributed by atoms with van der Waals surface area (Å²) in [6, 6.07) is 10.8. The first-order chi connectivity index (χ1) is 12.1. The molecule has 0 aromatic heterocycles. The summed E-state index contributed by atoms with van der Waals surface area (Å²) in [4.78, 5) is 23.9. The Bertz CT molecular complexity index is 814. The Morgan fingerprint density at radius 2 is 1.70 bits per heavy atom. The number of hydrogen-bond donors (Lipinski definition) is 1. The minimum Gasteiger partial charge on any atom is -1.00 e. The van der Waals surface area contributed by atoms with Crippen molar-refractivity contribution in [3.05, 3.63) is 48.0 Å². The molecule has 1 amide bonds. The van der Waals surface area contributed by atoms with Crippen molar-refractivity contribution >= 4 is 22.6 Å². The second kappa shape index (κ2) is 9.29. The molecule has 8 heteroatoms. The van der Waals surface area contributed by atoms with E-state index in [0.29, 0.717) is 10.5 Å². The van der Waals surface area contributed by atoms with Crippen LogP contribution in [0.2, 0.25) is 0 Å². The molecule has 4 nitrogen and oxygen atoms in total. The van der Waals surface area contributed by atoms with E-state index in [1.165, 1.54) is 0 Å². The summed E-state index contributed by atoms with van der Waals surface area (Å²) in [5, 5.41) is 11.1. The van der Waals surface area contributed by atoms with Crippen LogP contribution >= 0.6 is 0 Å². The van der Waals surface area contributed by atoms with Gasteiger partial charge in [-0.3, -0.25) is 4.79 Å².